The van der Waals surface area contributed by atoms with Gasteiger partial charge in [0, 0.05) is 30.8 Å². The van der Waals surface area contributed by atoms with Gasteiger partial charge in [-0.3, -0.25) is 9.59 Å². The Morgan fingerprint density at radius 1 is 1.21 bits per heavy atom. The molecule has 1 N–H and O–H groups in total. The predicted octanol–water partition coefficient (Wildman–Crippen LogP) is 3.09. The first-order chi connectivity index (χ1) is 11.6. The minimum Gasteiger partial charge on any atom is -0.343 e. The molecule has 1 aliphatic heterocycles. The smallest absolute Gasteiger partial charge is 0.228 e. The van der Waals surface area contributed by atoms with Crippen LogP contribution in [0.25, 0.3) is 0 Å². The highest BCUT2D eigenvalue weighted by molar-refractivity contribution is 7.16. The van der Waals surface area contributed by atoms with Crippen molar-refractivity contribution in [1.29, 1.82) is 5.26 Å². The fourth-order valence-corrected chi connectivity index (χ4v) is 4.86. The van der Waals surface area contributed by atoms with Crippen molar-refractivity contribution in [3.05, 3.63) is 16.0 Å². The van der Waals surface area contributed by atoms with Crippen LogP contribution in [0.5, 0.6) is 0 Å². The second kappa shape index (κ2) is 7.35. The summed E-state index contributed by atoms with van der Waals surface area (Å²) in [6.45, 7) is 2.84. The lowest BCUT2D eigenvalue weighted by Gasteiger charge is -2.30. The molecule has 0 unspecified atom stereocenters. The van der Waals surface area contributed by atoms with Gasteiger partial charge in [-0.05, 0) is 44.1 Å². The number of hydrogen-bond donors (Lipinski definition) is 1. The lowest BCUT2D eigenvalue weighted by molar-refractivity contribution is -0.132. The molecule has 0 spiro atoms. The van der Waals surface area contributed by atoms with E-state index in [0.717, 1.165) is 36.2 Å². The third-order valence-corrected chi connectivity index (χ3v) is 6.29. The maximum atomic E-state index is 12.6. The van der Waals surface area contributed by atoms with Crippen molar-refractivity contribution in [2.24, 2.45) is 5.92 Å². The van der Waals surface area contributed by atoms with Crippen LogP contribution in [0.3, 0.4) is 0 Å². The van der Waals surface area contributed by atoms with Crippen molar-refractivity contribution < 1.29 is 9.59 Å². The predicted molar refractivity (Wildman–Crippen MR) is 93.9 cm³/mol. The van der Waals surface area contributed by atoms with Gasteiger partial charge in [0.2, 0.25) is 11.8 Å². The van der Waals surface area contributed by atoms with Crippen LogP contribution >= 0.6 is 11.3 Å². The Hall–Kier alpha value is -1.87. The zero-order chi connectivity index (χ0) is 17.1. The number of nitrogens with zero attached hydrogens (tertiary/aromatic N) is 2. The van der Waals surface area contributed by atoms with E-state index in [9.17, 15) is 14.9 Å². The normalized spacial score (nSPS) is 18.4. The molecule has 5 nitrogen and oxygen atoms in total. The first kappa shape index (κ1) is 17.0. The van der Waals surface area contributed by atoms with E-state index in [1.807, 2.05) is 0 Å². The standard InChI is InChI=1S/C18H23N3O2S/c1-12(22)21-9-7-13(8-10-21)17(23)20-18-15(11-19)14-5-3-2-4-6-16(14)24-18/h13H,2-10H2,1H3,(H,20,23). The Kier molecular flexibility index (Phi) is 5.20. The summed E-state index contributed by atoms with van der Waals surface area (Å²) in [4.78, 5) is 27.0. The molecule has 0 bridgehead atoms. The van der Waals surface area contributed by atoms with Gasteiger partial charge in [-0.25, -0.2) is 0 Å². The summed E-state index contributed by atoms with van der Waals surface area (Å²) in [7, 11) is 0. The topological polar surface area (TPSA) is 73.2 Å². The van der Waals surface area contributed by atoms with E-state index >= 15 is 0 Å². The number of likely N-dealkylation sites (tertiary alicyclic amines) is 1. The van der Waals surface area contributed by atoms with Crippen molar-refractivity contribution in [3.63, 3.8) is 0 Å². The highest BCUT2D eigenvalue weighted by Gasteiger charge is 2.28. The average Bonchev–Trinajstić information content (AvgIpc) is 2.75. The van der Waals surface area contributed by atoms with E-state index in [4.69, 9.17) is 0 Å². The number of piperidine rings is 1. The third-order valence-electron chi connectivity index (χ3n) is 5.08. The van der Waals surface area contributed by atoms with Crippen molar-refractivity contribution in [1.82, 2.24) is 4.90 Å². The summed E-state index contributed by atoms with van der Waals surface area (Å²) in [6, 6.07) is 2.30. The van der Waals surface area contributed by atoms with Crippen molar-refractivity contribution in [2.75, 3.05) is 18.4 Å². The van der Waals surface area contributed by atoms with Crippen molar-refractivity contribution in [2.45, 2.75) is 51.9 Å². The number of hydrogen-bond acceptors (Lipinski definition) is 4. The number of nitrogens with one attached hydrogen (secondary N) is 1. The third kappa shape index (κ3) is 3.46. The minimum absolute atomic E-state index is 0.00823. The highest BCUT2D eigenvalue weighted by Crippen LogP contribution is 2.37. The van der Waals surface area contributed by atoms with Crippen molar-refractivity contribution >= 4 is 28.2 Å². The largest absolute Gasteiger partial charge is 0.343 e. The number of carbonyl (C=O) groups is 2. The van der Waals surface area contributed by atoms with Crippen LogP contribution < -0.4 is 5.32 Å². The molecule has 0 radical (unpaired) electrons. The SMILES string of the molecule is CC(=O)N1CCC(C(=O)Nc2sc3c(c2C#N)CCCCC3)CC1. The highest BCUT2D eigenvalue weighted by atomic mass is 32.1. The van der Waals surface area contributed by atoms with Gasteiger partial charge in [0.1, 0.15) is 11.1 Å². The summed E-state index contributed by atoms with van der Waals surface area (Å²) >= 11 is 1.58. The van der Waals surface area contributed by atoms with Gasteiger partial charge in [-0.1, -0.05) is 6.42 Å². The first-order valence-corrected chi connectivity index (χ1v) is 9.52. The van der Waals surface area contributed by atoms with Crippen LogP contribution in [-0.4, -0.2) is 29.8 Å². The molecule has 0 atom stereocenters. The van der Waals surface area contributed by atoms with Gasteiger partial charge in [0.15, 0.2) is 0 Å². The molecule has 6 heteroatoms. The van der Waals surface area contributed by atoms with Crippen LogP contribution in [-0.2, 0) is 22.4 Å². The van der Waals surface area contributed by atoms with Crippen LogP contribution in [0, 0.1) is 17.2 Å². The Labute approximate surface area is 146 Å². The summed E-state index contributed by atoms with van der Waals surface area (Å²) in [5, 5.41) is 13.3. The molecule has 2 amide bonds. The Morgan fingerprint density at radius 2 is 1.92 bits per heavy atom. The van der Waals surface area contributed by atoms with E-state index in [2.05, 4.69) is 11.4 Å². The summed E-state index contributed by atoms with van der Waals surface area (Å²) in [5.74, 6) is -0.0113. The molecule has 1 aliphatic carbocycles. The molecule has 128 valence electrons. The van der Waals surface area contributed by atoms with Crippen LogP contribution in [0.15, 0.2) is 0 Å². The molecule has 2 aliphatic rings. The quantitative estimate of drug-likeness (QED) is 0.837. The van der Waals surface area contributed by atoms with Gasteiger partial charge in [-0.2, -0.15) is 5.26 Å². The maximum absolute atomic E-state index is 12.6. The zero-order valence-corrected chi connectivity index (χ0v) is 14.9. The molecule has 24 heavy (non-hydrogen) atoms. The summed E-state index contributed by atoms with van der Waals surface area (Å²) < 4.78 is 0. The minimum atomic E-state index is -0.0750. The molecular formula is C18H23N3O2S. The number of carbonyl (C=O) groups excluding carboxylic acids is 2. The molecule has 0 saturated carbocycles. The maximum Gasteiger partial charge on any atom is 0.228 e. The number of aryl methyl sites for hydroxylation is 1. The molecule has 1 fully saturated rings. The second-order valence-corrected chi connectivity index (χ2v) is 7.76. The lowest BCUT2D eigenvalue weighted by atomic mass is 9.96. The Bertz CT molecular complexity index is 681. The second-order valence-electron chi connectivity index (χ2n) is 6.65. The number of nitriles is 1. The fourth-order valence-electron chi connectivity index (χ4n) is 3.62. The number of anilines is 1. The molecule has 1 aromatic rings. The zero-order valence-electron chi connectivity index (χ0n) is 14.1. The monoisotopic (exact) mass is 345 g/mol. The Balaban J connectivity index is 1.69. The van der Waals surface area contributed by atoms with E-state index < -0.39 is 0 Å². The summed E-state index contributed by atoms with van der Waals surface area (Å²) in [6.07, 6.45) is 6.84. The molecule has 2 heterocycles. The van der Waals surface area contributed by atoms with Crippen LogP contribution in [0.1, 0.15) is 55.0 Å². The number of rotatable bonds is 2. The lowest BCUT2D eigenvalue weighted by Crippen LogP contribution is -2.40. The van der Waals surface area contributed by atoms with Gasteiger partial charge >= 0.3 is 0 Å². The van der Waals surface area contributed by atoms with Crippen LogP contribution in [0.4, 0.5) is 5.00 Å². The van der Waals surface area contributed by atoms with E-state index in [-0.39, 0.29) is 17.7 Å². The fraction of sp³-hybridized carbons (Fsp3) is 0.611. The number of fused-ring (bicyclic) bond motifs is 1. The van der Waals surface area contributed by atoms with E-state index in [1.165, 1.54) is 11.3 Å². The molecule has 3 rings (SSSR count). The average molecular weight is 345 g/mol. The van der Waals surface area contributed by atoms with Gasteiger partial charge in [-0.15, -0.1) is 11.3 Å². The van der Waals surface area contributed by atoms with Gasteiger partial charge < -0.3 is 10.2 Å². The van der Waals surface area contributed by atoms with Gasteiger partial charge in [0.05, 0.1) is 5.56 Å². The van der Waals surface area contributed by atoms with Gasteiger partial charge in [0.25, 0.3) is 0 Å². The molecule has 1 saturated heterocycles. The molecule has 0 aromatic carbocycles. The first-order valence-electron chi connectivity index (χ1n) is 8.71. The molecule has 1 aromatic heterocycles. The van der Waals surface area contributed by atoms with E-state index in [1.54, 1.807) is 23.2 Å². The van der Waals surface area contributed by atoms with Crippen LogP contribution in [0.2, 0.25) is 0 Å². The number of thiophene rings is 1. The summed E-state index contributed by atoms with van der Waals surface area (Å²) in [5.41, 5.74) is 1.83. The number of amides is 2. The molecular weight excluding hydrogens is 322 g/mol. The van der Waals surface area contributed by atoms with Crippen molar-refractivity contribution in [3.8, 4) is 6.07 Å². The van der Waals surface area contributed by atoms with E-state index in [0.29, 0.717) is 31.5 Å². The Morgan fingerprint density at radius 3 is 2.58 bits per heavy atom.